The molecule has 0 atom stereocenters. The minimum atomic E-state index is -3.70. The summed E-state index contributed by atoms with van der Waals surface area (Å²) in [5.41, 5.74) is 5.09. The first-order valence-electron chi connectivity index (χ1n) is 6.71. The molecule has 0 unspecified atom stereocenters. The standard InChI is InChI=1S/C16H20N2O2S/c1-11-6-4-5-7-14(11)10-18-16-9-15(21(17,19)20)8-12(2)13(16)3/h4-9,18H,10H2,1-3H3,(H2,17,19,20). The van der Waals surface area contributed by atoms with Gasteiger partial charge in [-0.2, -0.15) is 0 Å². The molecule has 0 bridgehead atoms. The number of hydrogen-bond donors (Lipinski definition) is 2. The number of hydrogen-bond acceptors (Lipinski definition) is 3. The highest BCUT2D eigenvalue weighted by Gasteiger charge is 2.12. The number of nitrogens with one attached hydrogen (secondary N) is 1. The van der Waals surface area contributed by atoms with E-state index in [1.54, 1.807) is 12.1 Å². The fourth-order valence-electron chi connectivity index (χ4n) is 2.17. The topological polar surface area (TPSA) is 72.2 Å². The van der Waals surface area contributed by atoms with Gasteiger partial charge in [0.1, 0.15) is 0 Å². The molecular formula is C16H20N2O2S. The molecule has 5 heteroatoms. The second kappa shape index (κ2) is 5.87. The zero-order valence-corrected chi connectivity index (χ0v) is 13.3. The molecule has 112 valence electrons. The van der Waals surface area contributed by atoms with Gasteiger partial charge in [-0.3, -0.25) is 0 Å². The zero-order valence-electron chi connectivity index (χ0n) is 12.5. The highest BCUT2D eigenvalue weighted by atomic mass is 32.2. The van der Waals surface area contributed by atoms with E-state index in [4.69, 9.17) is 5.14 Å². The van der Waals surface area contributed by atoms with Crippen LogP contribution in [0.2, 0.25) is 0 Å². The summed E-state index contributed by atoms with van der Waals surface area (Å²) in [7, 11) is -3.70. The Hall–Kier alpha value is -1.85. The molecule has 2 rings (SSSR count). The van der Waals surface area contributed by atoms with Gasteiger partial charge in [0.05, 0.1) is 4.90 Å². The molecule has 0 aliphatic rings. The van der Waals surface area contributed by atoms with Gasteiger partial charge in [0.15, 0.2) is 0 Å². The molecule has 0 aliphatic heterocycles. The van der Waals surface area contributed by atoms with Gasteiger partial charge in [-0.1, -0.05) is 24.3 Å². The van der Waals surface area contributed by atoms with Gasteiger partial charge in [-0.25, -0.2) is 13.6 Å². The molecule has 4 nitrogen and oxygen atoms in total. The minimum Gasteiger partial charge on any atom is -0.381 e. The first-order valence-corrected chi connectivity index (χ1v) is 8.26. The Kier molecular flexibility index (Phi) is 4.34. The fourth-order valence-corrected chi connectivity index (χ4v) is 2.80. The van der Waals surface area contributed by atoms with Crippen LogP contribution in [0, 0.1) is 20.8 Å². The lowest BCUT2D eigenvalue weighted by atomic mass is 10.1. The Morgan fingerprint density at radius 3 is 2.33 bits per heavy atom. The van der Waals surface area contributed by atoms with Crippen LogP contribution in [0.25, 0.3) is 0 Å². The first-order chi connectivity index (χ1) is 9.79. The van der Waals surface area contributed by atoms with E-state index in [0.717, 1.165) is 16.8 Å². The third kappa shape index (κ3) is 3.62. The van der Waals surface area contributed by atoms with Crippen LogP contribution in [0.1, 0.15) is 22.3 Å². The van der Waals surface area contributed by atoms with Gasteiger partial charge < -0.3 is 5.32 Å². The van der Waals surface area contributed by atoms with Gasteiger partial charge in [-0.15, -0.1) is 0 Å². The van der Waals surface area contributed by atoms with Crippen molar-refractivity contribution in [3.05, 3.63) is 58.7 Å². The van der Waals surface area contributed by atoms with Gasteiger partial charge in [0.2, 0.25) is 10.0 Å². The lowest BCUT2D eigenvalue weighted by Gasteiger charge is -2.14. The molecule has 3 N–H and O–H groups in total. The molecule has 0 saturated heterocycles. The van der Waals surface area contributed by atoms with Crippen LogP contribution < -0.4 is 10.5 Å². The third-order valence-corrected chi connectivity index (χ3v) is 4.59. The summed E-state index contributed by atoms with van der Waals surface area (Å²) in [4.78, 5) is 0.137. The van der Waals surface area contributed by atoms with Crippen LogP contribution in [0.4, 0.5) is 5.69 Å². The average molecular weight is 304 g/mol. The Bertz CT molecular complexity index is 768. The van der Waals surface area contributed by atoms with Crippen LogP contribution >= 0.6 is 0 Å². The quantitative estimate of drug-likeness (QED) is 0.912. The van der Waals surface area contributed by atoms with Crippen LogP contribution in [0.15, 0.2) is 41.3 Å². The fraction of sp³-hybridized carbons (Fsp3) is 0.250. The molecule has 2 aromatic carbocycles. The molecule has 0 amide bonds. The smallest absolute Gasteiger partial charge is 0.238 e. The number of sulfonamides is 1. The number of anilines is 1. The predicted molar refractivity (Wildman–Crippen MR) is 85.8 cm³/mol. The highest BCUT2D eigenvalue weighted by Crippen LogP contribution is 2.24. The van der Waals surface area contributed by atoms with Crippen molar-refractivity contribution in [2.24, 2.45) is 5.14 Å². The van der Waals surface area contributed by atoms with Gasteiger partial charge in [0, 0.05) is 12.2 Å². The molecule has 0 aromatic heterocycles. The maximum absolute atomic E-state index is 11.5. The minimum absolute atomic E-state index is 0.137. The van der Waals surface area contributed by atoms with Crippen LogP contribution in [0.5, 0.6) is 0 Å². The van der Waals surface area contributed by atoms with Crippen molar-refractivity contribution in [1.29, 1.82) is 0 Å². The van der Waals surface area contributed by atoms with E-state index in [-0.39, 0.29) is 4.90 Å². The van der Waals surface area contributed by atoms with Crippen molar-refractivity contribution >= 4 is 15.7 Å². The summed E-state index contributed by atoms with van der Waals surface area (Å²) in [5, 5.41) is 8.52. The Balaban J connectivity index is 2.32. The molecule has 0 heterocycles. The summed E-state index contributed by atoms with van der Waals surface area (Å²) in [6.45, 7) is 6.53. The average Bonchev–Trinajstić information content (AvgIpc) is 2.40. The van der Waals surface area contributed by atoms with E-state index in [1.807, 2.05) is 32.0 Å². The third-order valence-electron chi connectivity index (χ3n) is 3.70. The molecule has 0 saturated carbocycles. The molecule has 0 radical (unpaired) electrons. The molecule has 2 aromatic rings. The second-order valence-corrected chi connectivity index (χ2v) is 6.80. The summed E-state index contributed by atoms with van der Waals surface area (Å²) in [5.74, 6) is 0. The molecule has 0 spiro atoms. The first kappa shape index (κ1) is 15.5. The predicted octanol–water partition coefficient (Wildman–Crippen LogP) is 2.87. The highest BCUT2D eigenvalue weighted by molar-refractivity contribution is 7.89. The van der Waals surface area contributed by atoms with Crippen molar-refractivity contribution in [3.8, 4) is 0 Å². The number of aryl methyl sites for hydroxylation is 2. The van der Waals surface area contributed by atoms with Crippen molar-refractivity contribution < 1.29 is 8.42 Å². The Labute approximate surface area is 126 Å². The zero-order chi connectivity index (χ0) is 15.6. The molecular weight excluding hydrogens is 284 g/mol. The maximum atomic E-state index is 11.5. The normalized spacial score (nSPS) is 11.4. The number of primary sulfonamides is 1. The molecule has 0 fully saturated rings. The van der Waals surface area contributed by atoms with Gasteiger partial charge in [-0.05, 0) is 55.2 Å². The van der Waals surface area contributed by atoms with Crippen LogP contribution in [0.3, 0.4) is 0 Å². The lowest BCUT2D eigenvalue weighted by Crippen LogP contribution is -2.13. The van der Waals surface area contributed by atoms with E-state index in [0.29, 0.717) is 6.54 Å². The van der Waals surface area contributed by atoms with Crippen molar-refractivity contribution in [2.75, 3.05) is 5.32 Å². The number of nitrogens with two attached hydrogens (primary N) is 1. The molecule has 21 heavy (non-hydrogen) atoms. The van der Waals surface area contributed by atoms with Crippen LogP contribution in [-0.2, 0) is 16.6 Å². The van der Waals surface area contributed by atoms with Gasteiger partial charge >= 0.3 is 0 Å². The van der Waals surface area contributed by atoms with E-state index in [9.17, 15) is 8.42 Å². The van der Waals surface area contributed by atoms with E-state index in [2.05, 4.69) is 18.3 Å². The van der Waals surface area contributed by atoms with E-state index in [1.165, 1.54) is 11.1 Å². The number of benzene rings is 2. The van der Waals surface area contributed by atoms with Gasteiger partial charge in [0.25, 0.3) is 0 Å². The summed E-state index contributed by atoms with van der Waals surface area (Å²) >= 11 is 0. The molecule has 0 aliphatic carbocycles. The summed E-state index contributed by atoms with van der Waals surface area (Å²) < 4.78 is 23.1. The van der Waals surface area contributed by atoms with Crippen molar-refractivity contribution in [1.82, 2.24) is 0 Å². The number of rotatable bonds is 4. The summed E-state index contributed by atoms with van der Waals surface area (Å²) in [6, 6.07) is 11.3. The summed E-state index contributed by atoms with van der Waals surface area (Å²) in [6.07, 6.45) is 0. The second-order valence-electron chi connectivity index (χ2n) is 5.24. The van der Waals surface area contributed by atoms with Crippen molar-refractivity contribution in [2.45, 2.75) is 32.2 Å². The van der Waals surface area contributed by atoms with Crippen LogP contribution in [-0.4, -0.2) is 8.42 Å². The maximum Gasteiger partial charge on any atom is 0.238 e. The monoisotopic (exact) mass is 304 g/mol. The Morgan fingerprint density at radius 2 is 1.71 bits per heavy atom. The van der Waals surface area contributed by atoms with E-state index >= 15 is 0 Å². The van der Waals surface area contributed by atoms with E-state index < -0.39 is 10.0 Å². The largest absolute Gasteiger partial charge is 0.381 e. The Morgan fingerprint density at radius 1 is 1.05 bits per heavy atom. The SMILES string of the molecule is Cc1ccccc1CNc1cc(S(N)(=O)=O)cc(C)c1C. The lowest BCUT2D eigenvalue weighted by molar-refractivity contribution is 0.597. The van der Waals surface area contributed by atoms with Crippen molar-refractivity contribution in [3.63, 3.8) is 0 Å².